The Kier molecular flexibility index (Phi) is 5.89. The molecular weight excluding hydrogens is 348 g/mol. The molecule has 0 unspecified atom stereocenters. The lowest BCUT2D eigenvalue weighted by Gasteiger charge is -2.22. The average Bonchev–Trinajstić information content (AvgIpc) is 2.74. The number of nitriles is 1. The molecule has 0 radical (unpaired) electrons. The third kappa shape index (κ3) is 4.18. The van der Waals surface area contributed by atoms with Crippen LogP contribution in [0.2, 0.25) is 0 Å². The predicted molar refractivity (Wildman–Crippen MR) is 96.2 cm³/mol. The molecule has 3 rings (SSSR count). The molecular formula is C20H20N2O5. The number of hydrogen-bond donors (Lipinski definition) is 0. The first-order valence-corrected chi connectivity index (χ1v) is 8.58. The normalized spacial score (nSPS) is 14.3. The number of hydrogen-bond acceptors (Lipinski definition) is 7. The van der Waals surface area contributed by atoms with E-state index in [4.69, 9.17) is 24.2 Å². The molecule has 2 heterocycles. The second kappa shape index (κ2) is 8.52. The van der Waals surface area contributed by atoms with Gasteiger partial charge in [0.25, 0.3) is 0 Å². The third-order valence-electron chi connectivity index (χ3n) is 4.47. The van der Waals surface area contributed by atoms with Crippen LogP contribution in [-0.2, 0) is 9.47 Å². The zero-order valence-electron chi connectivity index (χ0n) is 15.2. The molecule has 7 nitrogen and oxygen atoms in total. The van der Waals surface area contributed by atoms with Gasteiger partial charge < -0.3 is 18.9 Å². The van der Waals surface area contributed by atoms with E-state index >= 15 is 0 Å². The van der Waals surface area contributed by atoms with E-state index in [-0.39, 0.29) is 17.4 Å². The molecule has 27 heavy (non-hydrogen) atoms. The molecule has 0 N–H and O–H groups in total. The molecule has 1 aliphatic rings. The first-order valence-electron chi connectivity index (χ1n) is 8.58. The maximum atomic E-state index is 12.3. The molecule has 7 heteroatoms. The van der Waals surface area contributed by atoms with Crippen molar-refractivity contribution in [1.82, 2.24) is 4.98 Å². The molecule has 0 aliphatic carbocycles. The van der Waals surface area contributed by atoms with E-state index in [1.807, 2.05) is 6.07 Å². The largest absolute Gasteiger partial charge is 0.493 e. The van der Waals surface area contributed by atoms with Gasteiger partial charge >= 0.3 is 5.97 Å². The first-order chi connectivity index (χ1) is 13.2. The van der Waals surface area contributed by atoms with Crippen LogP contribution in [0.4, 0.5) is 0 Å². The van der Waals surface area contributed by atoms with E-state index in [0.29, 0.717) is 30.3 Å². The summed E-state index contributed by atoms with van der Waals surface area (Å²) in [6.07, 6.45) is 3.48. The van der Waals surface area contributed by atoms with E-state index in [0.717, 1.165) is 18.4 Å². The van der Waals surface area contributed by atoms with Crippen molar-refractivity contribution >= 4 is 5.97 Å². The standard InChI is InChI=1S/C20H20N2O5/c1-24-18-9-13(11-21)3-4-17(18)27-19-16(20(23)25-2)10-15(12-22-19)14-5-7-26-8-6-14/h3-4,9-10,12,14H,5-8H2,1-2H3. The molecule has 1 aromatic carbocycles. The van der Waals surface area contributed by atoms with Crippen LogP contribution in [0.1, 0.15) is 40.2 Å². The summed E-state index contributed by atoms with van der Waals surface area (Å²) < 4.78 is 21.4. The van der Waals surface area contributed by atoms with Crippen molar-refractivity contribution < 1.29 is 23.7 Å². The van der Waals surface area contributed by atoms with E-state index in [1.165, 1.54) is 14.2 Å². The van der Waals surface area contributed by atoms with Crippen molar-refractivity contribution in [2.75, 3.05) is 27.4 Å². The Morgan fingerprint density at radius 2 is 2.00 bits per heavy atom. The van der Waals surface area contributed by atoms with Gasteiger partial charge in [-0.1, -0.05) is 0 Å². The highest BCUT2D eigenvalue weighted by molar-refractivity contribution is 5.92. The van der Waals surface area contributed by atoms with Gasteiger partial charge in [-0.25, -0.2) is 9.78 Å². The fourth-order valence-electron chi connectivity index (χ4n) is 2.99. The summed E-state index contributed by atoms with van der Waals surface area (Å²) in [5.74, 6) is 0.612. The lowest BCUT2D eigenvalue weighted by atomic mass is 9.92. The number of pyridine rings is 1. The summed E-state index contributed by atoms with van der Waals surface area (Å²) in [6, 6.07) is 8.57. The maximum absolute atomic E-state index is 12.3. The van der Waals surface area contributed by atoms with Gasteiger partial charge in [-0.05, 0) is 42.5 Å². The van der Waals surface area contributed by atoms with Crippen LogP contribution in [0.15, 0.2) is 30.5 Å². The van der Waals surface area contributed by atoms with Gasteiger partial charge in [-0.3, -0.25) is 0 Å². The van der Waals surface area contributed by atoms with E-state index in [1.54, 1.807) is 30.5 Å². The summed E-state index contributed by atoms with van der Waals surface area (Å²) in [6.45, 7) is 1.39. The summed E-state index contributed by atoms with van der Waals surface area (Å²) in [5.41, 5.74) is 1.64. The van der Waals surface area contributed by atoms with E-state index in [2.05, 4.69) is 4.98 Å². The van der Waals surface area contributed by atoms with Gasteiger partial charge in [-0.15, -0.1) is 0 Å². The maximum Gasteiger partial charge on any atom is 0.343 e. The number of esters is 1. The Morgan fingerprint density at radius 3 is 2.67 bits per heavy atom. The molecule has 1 aromatic heterocycles. The van der Waals surface area contributed by atoms with Gasteiger partial charge in [0.05, 0.1) is 25.9 Å². The lowest BCUT2D eigenvalue weighted by molar-refractivity contribution is 0.0596. The highest BCUT2D eigenvalue weighted by Gasteiger charge is 2.22. The Morgan fingerprint density at radius 1 is 1.22 bits per heavy atom. The van der Waals surface area contributed by atoms with Crippen molar-refractivity contribution in [1.29, 1.82) is 5.26 Å². The topological polar surface area (TPSA) is 90.7 Å². The molecule has 1 saturated heterocycles. The SMILES string of the molecule is COC(=O)c1cc(C2CCOCC2)cnc1Oc1ccc(C#N)cc1OC. The van der Waals surface area contributed by atoms with Crippen molar-refractivity contribution in [2.45, 2.75) is 18.8 Å². The van der Waals surface area contributed by atoms with Crippen LogP contribution in [-0.4, -0.2) is 38.4 Å². The number of rotatable bonds is 5. The van der Waals surface area contributed by atoms with Crippen molar-refractivity contribution in [3.8, 4) is 23.4 Å². The zero-order valence-corrected chi connectivity index (χ0v) is 15.2. The van der Waals surface area contributed by atoms with Crippen LogP contribution in [0.25, 0.3) is 0 Å². The smallest absolute Gasteiger partial charge is 0.343 e. The molecule has 0 bridgehead atoms. The number of ether oxygens (including phenoxy) is 4. The molecule has 0 saturated carbocycles. The van der Waals surface area contributed by atoms with Gasteiger partial charge in [0.2, 0.25) is 5.88 Å². The number of benzene rings is 1. The number of aromatic nitrogens is 1. The highest BCUT2D eigenvalue weighted by atomic mass is 16.5. The Balaban J connectivity index is 1.95. The first kappa shape index (κ1) is 18.7. The van der Waals surface area contributed by atoms with E-state index in [9.17, 15) is 4.79 Å². The van der Waals surface area contributed by atoms with Gasteiger partial charge in [0.1, 0.15) is 5.56 Å². The number of nitrogens with zero attached hydrogens (tertiary/aromatic N) is 2. The molecule has 1 aliphatic heterocycles. The minimum Gasteiger partial charge on any atom is -0.493 e. The molecule has 0 spiro atoms. The molecule has 0 atom stereocenters. The average molecular weight is 368 g/mol. The number of methoxy groups -OCH3 is 2. The van der Waals surface area contributed by atoms with Crippen LogP contribution in [0, 0.1) is 11.3 Å². The monoisotopic (exact) mass is 368 g/mol. The number of carbonyl (C=O) groups excluding carboxylic acids is 1. The second-order valence-electron chi connectivity index (χ2n) is 6.08. The Bertz CT molecular complexity index is 869. The fraction of sp³-hybridized carbons (Fsp3) is 0.350. The van der Waals surface area contributed by atoms with Gasteiger partial charge in [0, 0.05) is 25.5 Å². The molecule has 140 valence electrons. The lowest BCUT2D eigenvalue weighted by Crippen LogP contribution is -2.15. The third-order valence-corrected chi connectivity index (χ3v) is 4.47. The second-order valence-corrected chi connectivity index (χ2v) is 6.08. The molecule has 0 amide bonds. The summed E-state index contributed by atoms with van der Waals surface area (Å²) in [4.78, 5) is 16.6. The number of carbonyl (C=O) groups is 1. The zero-order chi connectivity index (χ0) is 19.2. The highest BCUT2D eigenvalue weighted by Crippen LogP contribution is 2.35. The van der Waals surface area contributed by atoms with Gasteiger partial charge in [0.15, 0.2) is 11.5 Å². The molecule has 1 fully saturated rings. The van der Waals surface area contributed by atoms with E-state index < -0.39 is 5.97 Å². The summed E-state index contributed by atoms with van der Waals surface area (Å²) in [5, 5.41) is 9.01. The Hall–Kier alpha value is -3.11. The van der Waals surface area contributed by atoms with Crippen LogP contribution < -0.4 is 9.47 Å². The summed E-state index contributed by atoms with van der Waals surface area (Å²) in [7, 11) is 2.79. The quantitative estimate of drug-likeness (QED) is 0.747. The molecule has 2 aromatic rings. The predicted octanol–water partition coefficient (Wildman–Crippen LogP) is 3.43. The van der Waals surface area contributed by atoms with Crippen LogP contribution >= 0.6 is 0 Å². The van der Waals surface area contributed by atoms with Crippen molar-refractivity contribution in [3.63, 3.8) is 0 Å². The summed E-state index contributed by atoms with van der Waals surface area (Å²) >= 11 is 0. The van der Waals surface area contributed by atoms with Crippen LogP contribution in [0.3, 0.4) is 0 Å². The van der Waals surface area contributed by atoms with Gasteiger partial charge in [-0.2, -0.15) is 5.26 Å². The minimum atomic E-state index is -0.529. The minimum absolute atomic E-state index is 0.126. The van der Waals surface area contributed by atoms with Crippen LogP contribution in [0.5, 0.6) is 17.4 Å². The van der Waals surface area contributed by atoms with Crippen molar-refractivity contribution in [2.24, 2.45) is 0 Å². The fourth-order valence-corrected chi connectivity index (χ4v) is 2.99. The Labute approximate surface area is 157 Å². The van der Waals surface area contributed by atoms with Crippen molar-refractivity contribution in [3.05, 3.63) is 47.2 Å².